The van der Waals surface area contributed by atoms with E-state index in [0.29, 0.717) is 24.8 Å². The minimum Gasteiger partial charge on any atom is -0.466 e. The zero-order chi connectivity index (χ0) is 21.6. The maximum absolute atomic E-state index is 13.3. The van der Waals surface area contributed by atoms with E-state index in [1.807, 2.05) is 40.9 Å². The van der Waals surface area contributed by atoms with Gasteiger partial charge in [0, 0.05) is 18.7 Å². The number of nitrogens with zero attached hydrogens (tertiary/aromatic N) is 2. The van der Waals surface area contributed by atoms with Crippen LogP contribution in [0.25, 0.3) is 0 Å². The fourth-order valence-electron chi connectivity index (χ4n) is 3.30. The summed E-state index contributed by atoms with van der Waals surface area (Å²) in [5.41, 5.74) is 0.616. The van der Waals surface area contributed by atoms with Crippen molar-refractivity contribution in [3.05, 3.63) is 58.8 Å². The molecule has 0 amide bonds. The average Bonchev–Trinajstić information content (AvgIpc) is 3.00. The first kappa shape index (κ1) is 22.9. The molecule has 2 unspecified atom stereocenters. The number of aliphatic hydroxyl groups is 1. The Hall–Kier alpha value is -2.38. The van der Waals surface area contributed by atoms with Crippen LogP contribution in [0.3, 0.4) is 0 Å². The Bertz CT molecular complexity index is 813. The van der Waals surface area contributed by atoms with Crippen LogP contribution in [0.2, 0.25) is 0 Å². The van der Waals surface area contributed by atoms with Crippen molar-refractivity contribution in [2.75, 3.05) is 33.7 Å². The number of aliphatic imine (C=N–C) groups is 1. The first-order valence-corrected chi connectivity index (χ1v) is 9.88. The van der Waals surface area contributed by atoms with E-state index in [4.69, 9.17) is 4.42 Å². The third-order valence-corrected chi connectivity index (χ3v) is 4.85. The van der Waals surface area contributed by atoms with Crippen molar-refractivity contribution in [3.63, 3.8) is 0 Å². The Balaban J connectivity index is 2.11. The number of furan rings is 1. The monoisotopic (exact) mass is 404 g/mol. The summed E-state index contributed by atoms with van der Waals surface area (Å²) in [4.78, 5) is 6.64. The lowest BCUT2D eigenvalue weighted by molar-refractivity contribution is 0.0657. The van der Waals surface area contributed by atoms with Gasteiger partial charge in [-0.3, -0.25) is 0 Å². The standard InChI is InChI=1S/C22H33FN4O2/c1-7-24-21(26-14-22(4,28)19-12-15(2)29-16(19)3)25-13-20(27(5)6)17-8-10-18(23)11-9-17/h8-12,20,28H,7,13-14H2,1-6H3,(H2,24,25,26). The second-order valence-electron chi connectivity index (χ2n) is 7.71. The van der Waals surface area contributed by atoms with Crippen molar-refractivity contribution in [2.24, 2.45) is 4.99 Å². The van der Waals surface area contributed by atoms with Crippen molar-refractivity contribution >= 4 is 5.96 Å². The van der Waals surface area contributed by atoms with Gasteiger partial charge in [0.1, 0.15) is 22.9 Å². The quantitative estimate of drug-likeness (QED) is 0.466. The third kappa shape index (κ3) is 6.30. The normalized spacial score (nSPS) is 15.3. The molecule has 0 fully saturated rings. The lowest BCUT2D eigenvalue weighted by atomic mass is 9.96. The van der Waals surface area contributed by atoms with E-state index in [0.717, 1.165) is 16.9 Å². The van der Waals surface area contributed by atoms with Gasteiger partial charge in [-0.25, -0.2) is 9.38 Å². The largest absolute Gasteiger partial charge is 0.466 e. The van der Waals surface area contributed by atoms with Crippen LogP contribution in [0.4, 0.5) is 4.39 Å². The zero-order valence-corrected chi connectivity index (χ0v) is 18.2. The summed E-state index contributed by atoms with van der Waals surface area (Å²) in [7, 11) is 3.96. The molecule has 0 bridgehead atoms. The minimum atomic E-state index is -1.14. The fraction of sp³-hybridized carbons (Fsp3) is 0.500. The van der Waals surface area contributed by atoms with E-state index in [2.05, 4.69) is 20.5 Å². The topological polar surface area (TPSA) is 73.0 Å². The van der Waals surface area contributed by atoms with Crippen LogP contribution in [0, 0.1) is 19.7 Å². The number of hydrogen-bond acceptors (Lipinski definition) is 4. The van der Waals surface area contributed by atoms with Gasteiger partial charge in [-0.2, -0.15) is 0 Å². The van der Waals surface area contributed by atoms with E-state index in [-0.39, 0.29) is 18.4 Å². The van der Waals surface area contributed by atoms with Crippen LogP contribution in [0.1, 0.15) is 42.5 Å². The van der Waals surface area contributed by atoms with Gasteiger partial charge in [-0.15, -0.1) is 0 Å². The molecule has 1 aromatic carbocycles. The van der Waals surface area contributed by atoms with Gasteiger partial charge in [0.15, 0.2) is 5.96 Å². The smallest absolute Gasteiger partial charge is 0.191 e. The Morgan fingerprint density at radius 2 is 1.90 bits per heavy atom. The Kier molecular flexibility index (Phi) is 7.81. The predicted molar refractivity (Wildman–Crippen MR) is 115 cm³/mol. The highest BCUT2D eigenvalue weighted by Crippen LogP contribution is 2.27. The maximum Gasteiger partial charge on any atom is 0.191 e. The van der Waals surface area contributed by atoms with Gasteiger partial charge < -0.3 is 25.1 Å². The van der Waals surface area contributed by atoms with Crippen molar-refractivity contribution in [1.82, 2.24) is 15.5 Å². The van der Waals surface area contributed by atoms with Gasteiger partial charge in [0.25, 0.3) is 0 Å². The molecule has 0 saturated heterocycles. The highest BCUT2D eigenvalue weighted by Gasteiger charge is 2.27. The molecule has 0 spiro atoms. The third-order valence-electron chi connectivity index (χ3n) is 4.85. The van der Waals surface area contributed by atoms with Crippen molar-refractivity contribution in [1.29, 1.82) is 0 Å². The van der Waals surface area contributed by atoms with Gasteiger partial charge >= 0.3 is 0 Å². The fourth-order valence-corrected chi connectivity index (χ4v) is 3.30. The SMILES string of the molecule is CCNC(=NCC(C)(O)c1cc(C)oc1C)NCC(c1ccc(F)cc1)N(C)C. The number of aryl methyl sites for hydroxylation is 2. The molecule has 0 radical (unpaired) electrons. The van der Waals surface area contributed by atoms with E-state index in [1.54, 1.807) is 19.1 Å². The van der Waals surface area contributed by atoms with Crippen LogP contribution < -0.4 is 10.6 Å². The van der Waals surface area contributed by atoms with Gasteiger partial charge in [-0.1, -0.05) is 12.1 Å². The molecule has 0 aliphatic heterocycles. The molecule has 1 heterocycles. The van der Waals surface area contributed by atoms with E-state index in [1.165, 1.54) is 12.1 Å². The second-order valence-corrected chi connectivity index (χ2v) is 7.71. The molecule has 3 N–H and O–H groups in total. The average molecular weight is 405 g/mol. The number of halogens is 1. The summed E-state index contributed by atoms with van der Waals surface area (Å²) < 4.78 is 18.8. The predicted octanol–water partition coefficient (Wildman–Crippen LogP) is 3.10. The van der Waals surface area contributed by atoms with Crippen LogP contribution in [-0.4, -0.2) is 49.7 Å². The minimum absolute atomic E-state index is 0.0405. The maximum atomic E-state index is 13.3. The lowest BCUT2D eigenvalue weighted by Crippen LogP contribution is -2.42. The first-order chi connectivity index (χ1) is 13.6. The summed E-state index contributed by atoms with van der Waals surface area (Å²) in [6.07, 6.45) is 0. The van der Waals surface area contributed by atoms with Gasteiger partial charge in [0.05, 0.1) is 12.6 Å². The molecule has 29 heavy (non-hydrogen) atoms. The molecular formula is C22H33FN4O2. The van der Waals surface area contributed by atoms with E-state index < -0.39 is 5.60 Å². The molecule has 1 aromatic heterocycles. The van der Waals surface area contributed by atoms with Crippen LogP contribution >= 0.6 is 0 Å². The summed E-state index contributed by atoms with van der Waals surface area (Å²) >= 11 is 0. The number of nitrogens with one attached hydrogen (secondary N) is 2. The number of rotatable bonds is 8. The Morgan fingerprint density at radius 3 is 2.41 bits per heavy atom. The molecule has 2 rings (SSSR count). The van der Waals surface area contributed by atoms with Crippen molar-refractivity contribution in [2.45, 2.75) is 39.3 Å². The van der Waals surface area contributed by atoms with Crippen LogP contribution in [-0.2, 0) is 5.60 Å². The van der Waals surface area contributed by atoms with E-state index in [9.17, 15) is 9.50 Å². The molecule has 0 aliphatic carbocycles. The first-order valence-electron chi connectivity index (χ1n) is 9.88. The number of hydrogen-bond donors (Lipinski definition) is 3. The molecule has 2 aromatic rings. The Labute approximate surface area is 172 Å². The molecule has 0 saturated carbocycles. The van der Waals surface area contributed by atoms with Crippen molar-refractivity contribution in [3.8, 4) is 0 Å². The number of benzene rings is 1. The number of likely N-dealkylation sites (N-methyl/N-ethyl adjacent to an activating group) is 1. The summed E-state index contributed by atoms with van der Waals surface area (Å²) in [6.45, 7) is 8.89. The molecule has 160 valence electrons. The Morgan fingerprint density at radius 1 is 1.24 bits per heavy atom. The lowest BCUT2D eigenvalue weighted by Gasteiger charge is -2.26. The highest BCUT2D eigenvalue weighted by molar-refractivity contribution is 5.79. The summed E-state index contributed by atoms with van der Waals surface area (Å²) in [5.74, 6) is 1.82. The highest BCUT2D eigenvalue weighted by atomic mass is 19.1. The van der Waals surface area contributed by atoms with E-state index >= 15 is 0 Å². The second kappa shape index (κ2) is 9.89. The molecule has 0 aliphatic rings. The molecule has 6 nitrogen and oxygen atoms in total. The van der Waals surface area contributed by atoms with Crippen LogP contribution in [0.15, 0.2) is 39.7 Å². The molecule has 7 heteroatoms. The zero-order valence-electron chi connectivity index (χ0n) is 18.2. The van der Waals surface area contributed by atoms with Gasteiger partial charge in [0.2, 0.25) is 0 Å². The molecule has 2 atom stereocenters. The summed E-state index contributed by atoms with van der Waals surface area (Å²) in [6, 6.07) is 8.41. The van der Waals surface area contributed by atoms with Gasteiger partial charge in [-0.05, 0) is 65.6 Å². The molecular weight excluding hydrogens is 371 g/mol. The van der Waals surface area contributed by atoms with Crippen molar-refractivity contribution < 1.29 is 13.9 Å². The summed E-state index contributed by atoms with van der Waals surface area (Å²) in [5, 5.41) is 17.4. The van der Waals surface area contributed by atoms with Crippen LogP contribution in [0.5, 0.6) is 0 Å². The number of guanidine groups is 1.